The molecule has 2 N–H and O–H groups in total. The van der Waals surface area contributed by atoms with Gasteiger partial charge in [0.1, 0.15) is 35.6 Å². The van der Waals surface area contributed by atoms with Crippen molar-refractivity contribution in [1.82, 2.24) is 20.4 Å². The molecule has 1 aromatic carbocycles. The number of carbonyl (C=O) groups is 4. The first-order valence-corrected chi connectivity index (χ1v) is 14.4. The highest BCUT2D eigenvalue weighted by molar-refractivity contribution is 6.32. The Labute approximate surface area is 247 Å². The number of benzene rings is 1. The number of rotatable bonds is 6. The molecule has 0 aliphatic carbocycles. The quantitative estimate of drug-likeness (QED) is 0.509. The number of likely N-dealkylation sites (tertiary alicyclic amines) is 2. The molecular formula is C29H43ClN4O7. The lowest BCUT2D eigenvalue weighted by Gasteiger charge is -2.35. The SMILES string of the molecule is Cc1ccc(Cl)c(OC2CCN(C(=O)[C@H]3CC(NC(=O)CNC(=O)OC(C)(C)C)CN3C(=O)OC(C)(C)C)CC2)c1. The first-order valence-electron chi connectivity index (χ1n) is 14.0. The molecule has 12 heteroatoms. The largest absolute Gasteiger partial charge is 0.489 e. The van der Waals surface area contributed by atoms with Gasteiger partial charge in [-0.25, -0.2) is 9.59 Å². The van der Waals surface area contributed by atoms with Crippen LogP contribution in [0.2, 0.25) is 5.02 Å². The normalized spacial score (nSPS) is 19.9. The van der Waals surface area contributed by atoms with Gasteiger partial charge in [0.25, 0.3) is 0 Å². The monoisotopic (exact) mass is 594 g/mol. The molecule has 2 atom stereocenters. The number of amides is 4. The fourth-order valence-electron chi connectivity index (χ4n) is 4.73. The van der Waals surface area contributed by atoms with Crippen molar-refractivity contribution in [3.8, 4) is 5.75 Å². The Morgan fingerprint density at radius 2 is 1.63 bits per heavy atom. The Morgan fingerprint density at radius 3 is 2.24 bits per heavy atom. The van der Waals surface area contributed by atoms with Crippen molar-refractivity contribution in [1.29, 1.82) is 0 Å². The van der Waals surface area contributed by atoms with Gasteiger partial charge in [0.05, 0.1) is 5.02 Å². The van der Waals surface area contributed by atoms with Crippen LogP contribution in [0.1, 0.15) is 66.4 Å². The smallest absolute Gasteiger partial charge is 0.411 e. The van der Waals surface area contributed by atoms with Crippen LogP contribution in [0, 0.1) is 6.92 Å². The second kappa shape index (κ2) is 13.2. The van der Waals surface area contributed by atoms with E-state index in [2.05, 4.69) is 10.6 Å². The van der Waals surface area contributed by atoms with E-state index in [1.165, 1.54) is 4.90 Å². The summed E-state index contributed by atoms with van der Waals surface area (Å²) >= 11 is 6.29. The van der Waals surface area contributed by atoms with Crippen molar-refractivity contribution < 1.29 is 33.4 Å². The Morgan fingerprint density at radius 1 is 1.00 bits per heavy atom. The lowest BCUT2D eigenvalue weighted by molar-refractivity contribution is -0.137. The Balaban J connectivity index is 1.60. The van der Waals surface area contributed by atoms with Gasteiger partial charge < -0.3 is 29.7 Å². The van der Waals surface area contributed by atoms with Crippen LogP contribution < -0.4 is 15.4 Å². The average Bonchev–Trinajstić information content (AvgIpc) is 3.27. The summed E-state index contributed by atoms with van der Waals surface area (Å²) in [6, 6.07) is 4.33. The minimum absolute atomic E-state index is 0.0894. The molecule has 1 unspecified atom stereocenters. The van der Waals surface area contributed by atoms with Crippen LogP contribution in [-0.2, 0) is 19.1 Å². The molecule has 0 aromatic heterocycles. The van der Waals surface area contributed by atoms with Gasteiger partial charge in [0, 0.05) is 38.5 Å². The van der Waals surface area contributed by atoms with E-state index in [0.29, 0.717) is 36.7 Å². The fourth-order valence-corrected chi connectivity index (χ4v) is 4.89. The van der Waals surface area contributed by atoms with E-state index in [1.807, 2.05) is 19.1 Å². The summed E-state index contributed by atoms with van der Waals surface area (Å²) < 4.78 is 16.8. The van der Waals surface area contributed by atoms with Crippen molar-refractivity contribution >= 4 is 35.6 Å². The molecule has 0 spiro atoms. The summed E-state index contributed by atoms with van der Waals surface area (Å²) in [6.45, 7) is 13.1. The minimum atomic E-state index is -0.794. The van der Waals surface area contributed by atoms with E-state index in [-0.39, 0.29) is 31.5 Å². The summed E-state index contributed by atoms with van der Waals surface area (Å²) in [6.07, 6.45) is 0.0443. The highest BCUT2D eigenvalue weighted by Gasteiger charge is 2.44. The predicted molar refractivity (Wildman–Crippen MR) is 154 cm³/mol. The molecule has 2 aliphatic heterocycles. The number of nitrogens with one attached hydrogen (secondary N) is 2. The molecule has 11 nitrogen and oxygen atoms in total. The summed E-state index contributed by atoms with van der Waals surface area (Å²) in [7, 11) is 0. The first kappa shape index (κ1) is 32.3. The van der Waals surface area contributed by atoms with Crippen LogP contribution in [0.15, 0.2) is 18.2 Å². The van der Waals surface area contributed by atoms with E-state index in [0.717, 1.165) is 5.56 Å². The van der Waals surface area contributed by atoms with Crippen LogP contribution in [0.5, 0.6) is 5.75 Å². The van der Waals surface area contributed by atoms with E-state index in [9.17, 15) is 19.2 Å². The number of nitrogens with zero attached hydrogens (tertiary/aromatic N) is 2. The summed E-state index contributed by atoms with van der Waals surface area (Å²) in [4.78, 5) is 54.3. The van der Waals surface area contributed by atoms with Gasteiger partial charge in [-0.1, -0.05) is 17.7 Å². The lowest BCUT2D eigenvalue weighted by atomic mass is 10.0. The maximum absolute atomic E-state index is 13.7. The number of alkyl carbamates (subject to hydrolysis) is 1. The van der Waals surface area contributed by atoms with Crippen molar-refractivity contribution in [2.24, 2.45) is 0 Å². The molecular weight excluding hydrogens is 552 g/mol. The van der Waals surface area contributed by atoms with Gasteiger partial charge in [-0.05, 0) is 72.6 Å². The molecule has 1 aromatic rings. The zero-order valence-corrected chi connectivity index (χ0v) is 25.8. The Kier molecular flexibility index (Phi) is 10.4. The number of carbonyl (C=O) groups excluding carboxylic acids is 4. The summed E-state index contributed by atoms with van der Waals surface area (Å²) in [5, 5.41) is 5.78. The van der Waals surface area contributed by atoms with E-state index in [4.69, 9.17) is 25.8 Å². The number of hydrogen-bond donors (Lipinski definition) is 2. The third-order valence-corrected chi connectivity index (χ3v) is 6.82. The third-order valence-electron chi connectivity index (χ3n) is 6.51. The van der Waals surface area contributed by atoms with Crippen LogP contribution in [0.3, 0.4) is 0 Å². The second-order valence-corrected chi connectivity index (χ2v) is 13.0. The highest BCUT2D eigenvalue weighted by Crippen LogP contribution is 2.29. The third kappa shape index (κ3) is 9.98. The molecule has 2 aliphatic rings. The van der Waals surface area contributed by atoms with E-state index < -0.39 is 41.4 Å². The van der Waals surface area contributed by atoms with Gasteiger partial charge in [0.2, 0.25) is 11.8 Å². The van der Waals surface area contributed by atoms with Gasteiger partial charge in [-0.15, -0.1) is 0 Å². The molecule has 0 saturated carbocycles. The molecule has 3 rings (SSSR count). The zero-order chi connectivity index (χ0) is 30.5. The van der Waals surface area contributed by atoms with Crippen LogP contribution in [0.25, 0.3) is 0 Å². The molecule has 228 valence electrons. The topological polar surface area (TPSA) is 127 Å². The molecule has 0 bridgehead atoms. The van der Waals surface area contributed by atoms with Crippen LogP contribution >= 0.6 is 11.6 Å². The number of hydrogen-bond acceptors (Lipinski definition) is 7. The van der Waals surface area contributed by atoms with E-state index >= 15 is 0 Å². The minimum Gasteiger partial charge on any atom is -0.489 e. The average molecular weight is 595 g/mol. The highest BCUT2D eigenvalue weighted by atomic mass is 35.5. The Hall–Kier alpha value is -3.21. The summed E-state index contributed by atoms with van der Waals surface area (Å²) in [5.74, 6) is -0.0273. The number of aryl methyl sites for hydroxylation is 1. The maximum atomic E-state index is 13.7. The maximum Gasteiger partial charge on any atom is 0.411 e. The van der Waals surface area contributed by atoms with E-state index in [1.54, 1.807) is 52.5 Å². The van der Waals surface area contributed by atoms with Crippen molar-refractivity contribution in [2.45, 2.75) is 97.1 Å². The van der Waals surface area contributed by atoms with Crippen LogP contribution in [-0.4, -0.2) is 89.4 Å². The number of ether oxygens (including phenoxy) is 3. The van der Waals surface area contributed by atoms with Crippen molar-refractivity contribution in [2.75, 3.05) is 26.2 Å². The van der Waals surface area contributed by atoms with Gasteiger partial charge in [-0.2, -0.15) is 0 Å². The van der Waals surface area contributed by atoms with Gasteiger partial charge >= 0.3 is 12.2 Å². The fraction of sp³-hybridized carbons (Fsp3) is 0.655. The molecule has 4 amide bonds. The number of piperidine rings is 1. The molecule has 2 heterocycles. The predicted octanol–water partition coefficient (Wildman–Crippen LogP) is 4.04. The van der Waals surface area contributed by atoms with Gasteiger partial charge in [-0.3, -0.25) is 14.5 Å². The summed E-state index contributed by atoms with van der Waals surface area (Å²) in [5.41, 5.74) is -0.402. The first-order chi connectivity index (χ1) is 19.0. The molecule has 41 heavy (non-hydrogen) atoms. The van der Waals surface area contributed by atoms with Crippen LogP contribution in [0.4, 0.5) is 9.59 Å². The molecule has 2 saturated heterocycles. The lowest BCUT2D eigenvalue weighted by Crippen LogP contribution is -2.51. The number of halogens is 1. The second-order valence-electron chi connectivity index (χ2n) is 12.6. The van der Waals surface area contributed by atoms with Crippen molar-refractivity contribution in [3.63, 3.8) is 0 Å². The van der Waals surface area contributed by atoms with Crippen molar-refractivity contribution in [3.05, 3.63) is 28.8 Å². The Bertz CT molecular complexity index is 1120. The molecule has 2 fully saturated rings. The standard InChI is InChI=1S/C29H43ClN4O7/c1-18-8-9-21(30)23(14-18)39-20-10-12-33(13-11-20)25(36)22-15-19(17-34(22)27(38)41-29(5,6)7)32-24(35)16-31-26(37)40-28(2,3)4/h8-9,14,19-20,22H,10-13,15-17H2,1-7H3,(H,31,37)(H,32,35)/t19?,22-/m1/s1. The zero-order valence-electron chi connectivity index (χ0n) is 25.0. The van der Waals surface area contributed by atoms with Gasteiger partial charge in [0.15, 0.2) is 0 Å². The molecule has 0 radical (unpaired) electrons.